The summed E-state index contributed by atoms with van der Waals surface area (Å²) in [5.41, 5.74) is 3.42. The van der Waals surface area contributed by atoms with Gasteiger partial charge in [0.2, 0.25) is 0 Å². The third-order valence-electron chi connectivity index (χ3n) is 3.60. The van der Waals surface area contributed by atoms with E-state index in [9.17, 15) is 4.79 Å². The van der Waals surface area contributed by atoms with E-state index >= 15 is 0 Å². The quantitative estimate of drug-likeness (QED) is 0.876. The smallest absolute Gasteiger partial charge is 0.256 e. The van der Waals surface area contributed by atoms with Crippen LogP contribution in [0.5, 0.6) is 11.5 Å². The second kappa shape index (κ2) is 6.01. The Morgan fingerprint density at radius 1 is 1.09 bits per heavy atom. The van der Waals surface area contributed by atoms with Gasteiger partial charge in [-0.3, -0.25) is 4.79 Å². The number of carbonyl (C=O) groups is 1. The van der Waals surface area contributed by atoms with Crippen molar-refractivity contribution in [2.75, 3.05) is 18.5 Å². The Labute approximate surface area is 137 Å². The van der Waals surface area contributed by atoms with Crippen LogP contribution >= 0.6 is 15.9 Å². The van der Waals surface area contributed by atoms with E-state index in [0.717, 1.165) is 16.8 Å². The first-order valence-corrected chi connectivity index (χ1v) is 7.82. The normalized spacial score (nSPS) is 12.9. The third kappa shape index (κ3) is 2.81. The summed E-state index contributed by atoms with van der Waals surface area (Å²) in [5, 5.41) is 2.98. The predicted molar refractivity (Wildman–Crippen MR) is 89.0 cm³/mol. The van der Waals surface area contributed by atoms with Gasteiger partial charge in [0.15, 0.2) is 11.5 Å². The molecule has 4 nitrogen and oxygen atoms in total. The molecular formula is C17H16BrNO3. The highest BCUT2D eigenvalue weighted by molar-refractivity contribution is 9.10. The molecule has 22 heavy (non-hydrogen) atoms. The number of hydrogen-bond acceptors (Lipinski definition) is 3. The Hall–Kier alpha value is -2.01. The molecule has 0 saturated heterocycles. The van der Waals surface area contributed by atoms with E-state index in [2.05, 4.69) is 21.2 Å². The number of carbonyl (C=O) groups excluding carboxylic acids is 1. The Kier molecular flexibility index (Phi) is 4.07. The second-order valence-electron chi connectivity index (χ2n) is 5.20. The summed E-state index contributed by atoms with van der Waals surface area (Å²) in [4.78, 5) is 12.6. The third-order valence-corrected chi connectivity index (χ3v) is 4.25. The van der Waals surface area contributed by atoms with Crippen molar-refractivity contribution in [2.24, 2.45) is 0 Å². The van der Waals surface area contributed by atoms with Gasteiger partial charge in [-0.2, -0.15) is 0 Å². The van der Waals surface area contributed by atoms with Gasteiger partial charge in [0.1, 0.15) is 13.2 Å². The largest absolute Gasteiger partial charge is 0.486 e. The van der Waals surface area contributed by atoms with Gasteiger partial charge in [-0.25, -0.2) is 0 Å². The van der Waals surface area contributed by atoms with Gasteiger partial charge in [-0.1, -0.05) is 18.2 Å². The minimum absolute atomic E-state index is 0.179. The molecule has 0 spiro atoms. The lowest BCUT2D eigenvalue weighted by molar-refractivity contribution is 0.102. The molecule has 114 valence electrons. The Morgan fingerprint density at radius 2 is 1.68 bits per heavy atom. The molecule has 0 fully saturated rings. The van der Waals surface area contributed by atoms with Gasteiger partial charge in [0, 0.05) is 10.2 Å². The molecule has 0 radical (unpaired) electrons. The van der Waals surface area contributed by atoms with E-state index in [4.69, 9.17) is 9.47 Å². The van der Waals surface area contributed by atoms with E-state index in [1.165, 1.54) is 0 Å². The number of amides is 1. The van der Waals surface area contributed by atoms with Crippen molar-refractivity contribution in [3.63, 3.8) is 0 Å². The molecule has 5 heteroatoms. The van der Waals surface area contributed by atoms with Crippen LogP contribution in [-0.4, -0.2) is 19.1 Å². The van der Waals surface area contributed by atoms with Crippen molar-refractivity contribution in [3.05, 3.63) is 51.5 Å². The summed E-state index contributed by atoms with van der Waals surface area (Å²) in [6.07, 6.45) is 0. The highest BCUT2D eigenvalue weighted by atomic mass is 79.9. The lowest BCUT2D eigenvalue weighted by Gasteiger charge is -2.20. The number of hydrogen-bond donors (Lipinski definition) is 1. The van der Waals surface area contributed by atoms with Crippen LogP contribution in [0.3, 0.4) is 0 Å². The van der Waals surface area contributed by atoms with Gasteiger partial charge < -0.3 is 14.8 Å². The minimum atomic E-state index is -0.179. The molecule has 0 atom stereocenters. The lowest BCUT2D eigenvalue weighted by atomic mass is 10.1. The topological polar surface area (TPSA) is 47.6 Å². The van der Waals surface area contributed by atoms with E-state index < -0.39 is 0 Å². The summed E-state index contributed by atoms with van der Waals surface area (Å²) in [5.74, 6) is 1.07. The molecule has 2 aromatic carbocycles. The molecule has 0 unspecified atom stereocenters. The predicted octanol–water partition coefficient (Wildman–Crippen LogP) is 4.09. The van der Waals surface area contributed by atoms with Crippen molar-refractivity contribution in [2.45, 2.75) is 13.8 Å². The van der Waals surface area contributed by atoms with Crippen LogP contribution < -0.4 is 14.8 Å². The molecular weight excluding hydrogens is 346 g/mol. The monoisotopic (exact) mass is 361 g/mol. The van der Waals surface area contributed by atoms with Gasteiger partial charge in [-0.05, 0) is 53.0 Å². The SMILES string of the molecule is Cc1cccc(C)c1NC(=O)c1cc2c(cc1Br)OCCO2. The maximum atomic E-state index is 12.6. The molecule has 0 saturated carbocycles. The van der Waals surface area contributed by atoms with E-state index in [-0.39, 0.29) is 5.91 Å². The maximum Gasteiger partial charge on any atom is 0.256 e. The van der Waals surface area contributed by atoms with Crippen LogP contribution in [-0.2, 0) is 0 Å². The van der Waals surface area contributed by atoms with Crippen LogP contribution in [0.15, 0.2) is 34.8 Å². The van der Waals surface area contributed by atoms with Crippen molar-refractivity contribution in [3.8, 4) is 11.5 Å². The molecule has 3 rings (SSSR count). The summed E-state index contributed by atoms with van der Waals surface area (Å²) in [6, 6.07) is 9.40. The first kappa shape index (κ1) is 14.9. The number of halogens is 1. The van der Waals surface area contributed by atoms with Crippen molar-refractivity contribution >= 4 is 27.5 Å². The van der Waals surface area contributed by atoms with E-state index in [0.29, 0.717) is 34.7 Å². The summed E-state index contributed by atoms with van der Waals surface area (Å²) < 4.78 is 11.7. The van der Waals surface area contributed by atoms with Crippen molar-refractivity contribution in [1.82, 2.24) is 0 Å². The van der Waals surface area contributed by atoms with E-state index in [1.807, 2.05) is 32.0 Å². The molecule has 0 aromatic heterocycles. The zero-order chi connectivity index (χ0) is 15.7. The van der Waals surface area contributed by atoms with Crippen LogP contribution in [0, 0.1) is 13.8 Å². The molecule has 1 amide bonds. The van der Waals surface area contributed by atoms with Gasteiger partial charge >= 0.3 is 0 Å². The van der Waals surface area contributed by atoms with Gasteiger partial charge in [0.25, 0.3) is 5.91 Å². The molecule has 2 aromatic rings. The van der Waals surface area contributed by atoms with Crippen LogP contribution in [0.4, 0.5) is 5.69 Å². The molecule has 0 bridgehead atoms. The van der Waals surface area contributed by atoms with Crippen molar-refractivity contribution < 1.29 is 14.3 Å². The average Bonchev–Trinajstić information content (AvgIpc) is 2.50. The number of para-hydroxylation sites is 1. The average molecular weight is 362 g/mol. The zero-order valence-electron chi connectivity index (χ0n) is 12.4. The lowest BCUT2D eigenvalue weighted by Crippen LogP contribution is -2.18. The van der Waals surface area contributed by atoms with Crippen LogP contribution in [0.1, 0.15) is 21.5 Å². The maximum absolute atomic E-state index is 12.6. The highest BCUT2D eigenvalue weighted by Gasteiger charge is 2.19. The fourth-order valence-corrected chi connectivity index (χ4v) is 2.93. The number of anilines is 1. The number of fused-ring (bicyclic) bond motifs is 1. The Balaban J connectivity index is 1.92. The van der Waals surface area contributed by atoms with Crippen molar-refractivity contribution in [1.29, 1.82) is 0 Å². The number of rotatable bonds is 2. The number of nitrogens with one attached hydrogen (secondary N) is 1. The first-order valence-electron chi connectivity index (χ1n) is 7.03. The van der Waals surface area contributed by atoms with Gasteiger partial charge in [0.05, 0.1) is 5.56 Å². The fraction of sp³-hybridized carbons (Fsp3) is 0.235. The van der Waals surface area contributed by atoms with E-state index in [1.54, 1.807) is 12.1 Å². The summed E-state index contributed by atoms with van der Waals surface area (Å²) in [7, 11) is 0. The van der Waals surface area contributed by atoms with Crippen LogP contribution in [0.2, 0.25) is 0 Å². The zero-order valence-corrected chi connectivity index (χ0v) is 14.0. The van der Waals surface area contributed by atoms with Gasteiger partial charge in [-0.15, -0.1) is 0 Å². The van der Waals surface area contributed by atoms with Crippen LogP contribution in [0.25, 0.3) is 0 Å². The summed E-state index contributed by atoms with van der Waals surface area (Å²) in [6.45, 7) is 4.96. The standard InChI is InChI=1S/C17H16BrNO3/c1-10-4-3-5-11(2)16(10)19-17(20)12-8-14-15(9-13(12)18)22-7-6-21-14/h3-5,8-9H,6-7H2,1-2H3,(H,19,20). The minimum Gasteiger partial charge on any atom is -0.486 e. The molecule has 0 aliphatic carbocycles. The Bertz CT molecular complexity index is 723. The highest BCUT2D eigenvalue weighted by Crippen LogP contribution is 2.36. The first-order chi connectivity index (χ1) is 10.6. The number of ether oxygens (including phenoxy) is 2. The molecule has 1 aliphatic rings. The summed E-state index contributed by atoms with van der Waals surface area (Å²) >= 11 is 3.43. The fourth-order valence-electron chi connectivity index (χ4n) is 2.43. The number of benzene rings is 2. The molecule has 1 N–H and O–H groups in total. The molecule has 1 heterocycles. The second-order valence-corrected chi connectivity index (χ2v) is 6.05. The molecule has 1 aliphatic heterocycles. The number of aryl methyl sites for hydroxylation is 2. The Morgan fingerprint density at radius 3 is 2.32 bits per heavy atom.